The van der Waals surface area contributed by atoms with Crippen LogP contribution in [0.2, 0.25) is 0 Å². The highest BCUT2D eigenvalue weighted by Gasteiger charge is 2.14. The summed E-state index contributed by atoms with van der Waals surface area (Å²) in [5.41, 5.74) is 1.09. The summed E-state index contributed by atoms with van der Waals surface area (Å²) >= 11 is 0. The van der Waals surface area contributed by atoms with Gasteiger partial charge in [-0.3, -0.25) is 4.79 Å². The zero-order chi connectivity index (χ0) is 12.1. The molecule has 0 saturated carbocycles. The molecular formula is C12H12N2O3. The van der Waals surface area contributed by atoms with Crippen molar-refractivity contribution in [3.63, 3.8) is 0 Å². The molecule has 5 nitrogen and oxygen atoms in total. The van der Waals surface area contributed by atoms with Crippen molar-refractivity contribution in [1.82, 2.24) is 10.2 Å². The van der Waals surface area contributed by atoms with E-state index in [1.165, 1.54) is 0 Å². The fourth-order valence-electron chi connectivity index (χ4n) is 1.41. The molecule has 0 aliphatic rings. The van der Waals surface area contributed by atoms with E-state index >= 15 is 0 Å². The van der Waals surface area contributed by atoms with Crippen molar-refractivity contribution in [1.29, 1.82) is 0 Å². The van der Waals surface area contributed by atoms with Crippen LogP contribution in [0.3, 0.4) is 0 Å². The van der Waals surface area contributed by atoms with Crippen LogP contribution in [0.25, 0.3) is 0 Å². The first-order valence-electron chi connectivity index (χ1n) is 5.25. The van der Waals surface area contributed by atoms with Gasteiger partial charge < -0.3 is 9.15 Å². The summed E-state index contributed by atoms with van der Waals surface area (Å²) in [6.45, 7) is 2.04. The molecule has 1 aromatic carbocycles. The van der Waals surface area contributed by atoms with Crippen LogP contribution < -0.4 is 0 Å². The molecule has 1 atom stereocenters. The van der Waals surface area contributed by atoms with Gasteiger partial charge in [-0.25, -0.2) is 0 Å². The van der Waals surface area contributed by atoms with Gasteiger partial charge >= 0.3 is 0 Å². The van der Waals surface area contributed by atoms with E-state index in [4.69, 9.17) is 9.15 Å². The maximum absolute atomic E-state index is 10.2. The SMILES string of the molecule is CC(OC=O)c1nnc(Cc2ccccc2)o1. The van der Waals surface area contributed by atoms with Crippen LogP contribution in [0, 0.1) is 0 Å². The van der Waals surface area contributed by atoms with Crippen molar-refractivity contribution in [2.24, 2.45) is 0 Å². The molecule has 1 unspecified atom stereocenters. The molecule has 0 amide bonds. The van der Waals surface area contributed by atoms with Crippen LogP contribution in [0.15, 0.2) is 34.7 Å². The number of hydrogen-bond donors (Lipinski definition) is 0. The molecule has 0 saturated heterocycles. The van der Waals surface area contributed by atoms with Crippen LogP contribution >= 0.6 is 0 Å². The van der Waals surface area contributed by atoms with E-state index in [0.29, 0.717) is 24.7 Å². The zero-order valence-corrected chi connectivity index (χ0v) is 9.37. The van der Waals surface area contributed by atoms with E-state index in [0.717, 1.165) is 5.56 Å². The molecule has 0 bridgehead atoms. The van der Waals surface area contributed by atoms with Crippen molar-refractivity contribution in [2.75, 3.05) is 0 Å². The summed E-state index contributed by atoms with van der Waals surface area (Å²) in [4.78, 5) is 10.2. The Balaban J connectivity index is 2.06. The third-order valence-corrected chi connectivity index (χ3v) is 2.29. The Bertz CT molecular complexity index is 482. The van der Waals surface area contributed by atoms with E-state index in [9.17, 15) is 4.79 Å². The standard InChI is InChI=1S/C12H12N2O3/c1-9(16-8-15)12-14-13-11(17-12)7-10-5-3-2-4-6-10/h2-6,8-9H,7H2,1H3. The largest absolute Gasteiger partial charge is 0.455 e. The zero-order valence-electron chi connectivity index (χ0n) is 9.37. The quantitative estimate of drug-likeness (QED) is 0.736. The Kier molecular flexibility index (Phi) is 3.49. The lowest BCUT2D eigenvalue weighted by Gasteiger charge is -2.02. The number of benzene rings is 1. The molecule has 0 spiro atoms. The van der Waals surface area contributed by atoms with Crippen LogP contribution in [0.5, 0.6) is 0 Å². The van der Waals surface area contributed by atoms with E-state index in [1.54, 1.807) is 6.92 Å². The highest BCUT2D eigenvalue weighted by Crippen LogP contribution is 2.15. The molecule has 2 aromatic rings. The number of carbonyl (C=O) groups is 1. The van der Waals surface area contributed by atoms with Crippen LogP contribution in [0.4, 0.5) is 0 Å². The minimum absolute atomic E-state index is 0.308. The monoisotopic (exact) mass is 232 g/mol. The minimum atomic E-state index is -0.510. The van der Waals surface area contributed by atoms with Crippen molar-refractivity contribution >= 4 is 6.47 Å². The molecule has 2 rings (SSSR count). The topological polar surface area (TPSA) is 65.2 Å². The van der Waals surface area contributed by atoms with E-state index in [-0.39, 0.29) is 0 Å². The number of carbonyl (C=O) groups excluding carboxylic acids is 1. The van der Waals surface area contributed by atoms with Gasteiger partial charge in [0.25, 0.3) is 12.4 Å². The molecule has 1 aromatic heterocycles. The Labute approximate surface area is 98.4 Å². The first-order valence-corrected chi connectivity index (χ1v) is 5.25. The molecule has 0 radical (unpaired) electrons. The minimum Gasteiger partial charge on any atom is -0.455 e. The lowest BCUT2D eigenvalue weighted by Crippen LogP contribution is -1.97. The lowest BCUT2D eigenvalue weighted by molar-refractivity contribution is -0.134. The van der Waals surface area contributed by atoms with Gasteiger partial charge in [0, 0.05) is 0 Å². The third-order valence-electron chi connectivity index (χ3n) is 2.29. The van der Waals surface area contributed by atoms with E-state index in [1.807, 2.05) is 30.3 Å². The van der Waals surface area contributed by atoms with Gasteiger partial charge in [-0.1, -0.05) is 30.3 Å². The van der Waals surface area contributed by atoms with Crippen molar-refractivity contribution < 1.29 is 13.9 Å². The molecule has 0 aliphatic carbocycles. The summed E-state index contributed by atoms with van der Waals surface area (Å²) in [6.07, 6.45) is 0.0614. The average Bonchev–Trinajstić information content (AvgIpc) is 2.79. The Morgan fingerprint density at radius 3 is 2.82 bits per heavy atom. The van der Waals surface area contributed by atoms with E-state index in [2.05, 4.69) is 10.2 Å². The van der Waals surface area contributed by atoms with Gasteiger partial charge in [-0.15, -0.1) is 10.2 Å². The second-order valence-corrected chi connectivity index (χ2v) is 3.57. The number of nitrogens with zero attached hydrogens (tertiary/aromatic N) is 2. The smallest absolute Gasteiger partial charge is 0.293 e. The van der Waals surface area contributed by atoms with Crippen molar-refractivity contribution in [3.05, 3.63) is 47.7 Å². The van der Waals surface area contributed by atoms with Gasteiger partial charge in [0.05, 0.1) is 6.42 Å². The van der Waals surface area contributed by atoms with E-state index < -0.39 is 6.10 Å². The predicted octanol–water partition coefficient (Wildman–Crippen LogP) is 1.89. The highest BCUT2D eigenvalue weighted by molar-refractivity contribution is 5.37. The lowest BCUT2D eigenvalue weighted by atomic mass is 10.2. The van der Waals surface area contributed by atoms with Gasteiger partial charge in [-0.05, 0) is 12.5 Å². The molecule has 88 valence electrons. The Morgan fingerprint density at radius 2 is 2.12 bits per heavy atom. The molecule has 0 N–H and O–H groups in total. The number of ether oxygens (including phenoxy) is 1. The predicted molar refractivity (Wildman–Crippen MR) is 59.1 cm³/mol. The van der Waals surface area contributed by atoms with Gasteiger partial charge in [0.1, 0.15) is 0 Å². The molecule has 0 aliphatic heterocycles. The molecular weight excluding hydrogens is 220 g/mol. The normalized spacial score (nSPS) is 12.1. The number of rotatable bonds is 5. The second-order valence-electron chi connectivity index (χ2n) is 3.57. The molecule has 17 heavy (non-hydrogen) atoms. The molecule has 1 heterocycles. The third kappa shape index (κ3) is 2.90. The summed E-state index contributed by atoms with van der Waals surface area (Å²) in [7, 11) is 0. The summed E-state index contributed by atoms with van der Waals surface area (Å²) in [6, 6.07) is 9.81. The average molecular weight is 232 g/mol. The van der Waals surface area contributed by atoms with Crippen LogP contribution in [-0.2, 0) is 16.0 Å². The van der Waals surface area contributed by atoms with Gasteiger partial charge in [0.15, 0.2) is 6.10 Å². The summed E-state index contributed by atoms with van der Waals surface area (Å²) in [5.74, 6) is 0.815. The van der Waals surface area contributed by atoms with Crippen molar-refractivity contribution in [2.45, 2.75) is 19.4 Å². The molecule has 5 heteroatoms. The Morgan fingerprint density at radius 1 is 1.35 bits per heavy atom. The van der Waals surface area contributed by atoms with Crippen molar-refractivity contribution in [3.8, 4) is 0 Å². The number of hydrogen-bond acceptors (Lipinski definition) is 5. The van der Waals surface area contributed by atoms with Crippen LogP contribution in [0.1, 0.15) is 30.4 Å². The Hall–Kier alpha value is -2.17. The summed E-state index contributed by atoms with van der Waals surface area (Å²) in [5, 5.41) is 7.73. The highest BCUT2D eigenvalue weighted by atomic mass is 16.5. The van der Waals surface area contributed by atoms with Gasteiger partial charge in [-0.2, -0.15) is 0 Å². The van der Waals surface area contributed by atoms with Gasteiger partial charge in [0.2, 0.25) is 5.89 Å². The van der Waals surface area contributed by atoms with Crippen LogP contribution in [-0.4, -0.2) is 16.7 Å². The summed E-state index contributed by atoms with van der Waals surface area (Å²) < 4.78 is 10.1. The molecule has 0 fully saturated rings. The fraction of sp³-hybridized carbons (Fsp3) is 0.250. The number of aromatic nitrogens is 2. The first-order chi connectivity index (χ1) is 8.29. The fourth-order valence-corrected chi connectivity index (χ4v) is 1.41. The maximum Gasteiger partial charge on any atom is 0.293 e. The second kappa shape index (κ2) is 5.25. The maximum atomic E-state index is 10.2. The first kappa shape index (κ1) is 11.3.